The van der Waals surface area contributed by atoms with E-state index in [1.165, 1.54) is 0 Å². The number of rotatable bonds is 10. The molecule has 1 fully saturated rings. The van der Waals surface area contributed by atoms with Gasteiger partial charge in [0.25, 0.3) is 0 Å². The quantitative estimate of drug-likeness (QED) is 0.390. The Morgan fingerprint density at radius 1 is 1.06 bits per heavy atom. The highest BCUT2D eigenvalue weighted by atomic mass is 32.2. The minimum atomic E-state index is -3.01. The van der Waals surface area contributed by atoms with Crippen LogP contribution in [0.1, 0.15) is 63.0 Å². The molecular formula is C27H37N3O5S. The first-order chi connectivity index (χ1) is 17.1. The zero-order valence-electron chi connectivity index (χ0n) is 21.3. The van der Waals surface area contributed by atoms with Gasteiger partial charge in [-0.25, -0.2) is 13.2 Å². The van der Waals surface area contributed by atoms with Crippen LogP contribution in [0.15, 0.2) is 42.5 Å². The van der Waals surface area contributed by atoms with Gasteiger partial charge in [0.15, 0.2) is 0 Å². The van der Waals surface area contributed by atoms with Crippen LogP contribution in [0, 0.1) is 6.92 Å². The van der Waals surface area contributed by atoms with Gasteiger partial charge in [0.2, 0.25) is 0 Å². The van der Waals surface area contributed by atoms with Gasteiger partial charge in [-0.1, -0.05) is 37.6 Å². The van der Waals surface area contributed by atoms with Crippen molar-refractivity contribution in [1.82, 2.24) is 0 Å². The van der Waals surface area contributed by atoms with Gasteiger partial charge in [0, 0.05) is 18.3 Å². The normalized spacial score (nSPS) is 16.2. The van der Waals surface area contributed by atoms with Crippen LogP contribution in [0.3, 0.4) is 0 Å². The van der Waals surface area contributed by atoms with E-state index < -0.39 is 21.8 Å². The number of carbonyl (C=O) groups is 2. The van der Waals surface area contributed by atoms with Gasteiger partial charge in [-0.05, 0) is 68.4 Å². The number of benzene rings is 2. The van der Waals surface area contributed by atoms with E-state index >= 15 is 0 Å². The summed E-state index contributed by atoms with van der Waals surface area (Å²) in [6.45, 7) is 6.70. The van der Waals surface area contributed by atoms with Crippen molar-refractivity contribution in [3.8, 4) is 0 Å². The lowest BCUT2D eigenvalue weighted by Gasteiger charge is -2.37. The Morgan fingerprint density at radius 2 is 1.72 bits per heavy atom. The maximum absolute atomic E-state index is 13.0. The lowest BCUT2D eigenvalue weighted by Crippen LogP contribution is -2.42. The molecule has 1 saturated heterocycles. The zero-order valence-corrected chi connectivity index (χ0v) is 22.1. The van der Waals surface area contributed by atoms with E-state index in [1.54, 1.807) is 0 Å². The van der Waals surface area contributed by atoms with Crippen LogP contribution < -0.4 is 15.5 Å². The first-order valence-corrected chi connectivity index (χ1v) is 14.4. The van der Waals surface area contributed by atoms with Gasteiger partial charge in [0.1, 0.15) is 9.84 Å². The third-order valence-corrected chi connectivity index (χ3v) is 8.42. The Bertz CT molecular complexity index is 1150. The fourth-order valence-corrected chi connectivity index (χ4v) is 6.18. The SMILES string of the molecule is CCCN(c1ccc(C(CC)CC(=O)O)cc1NC(=O)Nc1ccc(C)cc1)C1CCS(=O)(=O)CC1. The number of urea groups is 1. The lowest BCUT2D eigenvalue weighted by atomic mass is 9.92. The van der Waals surface area contributed by atoms with Crippen LogP contribution in [-0.4, -0.2) is 49.6 Å². The largest absolute Gasteiger partial charge is 0.481 e. The number of aliphatic carboxylic acids is 1. The Kier molecular flexibility index (Phi) is 9.37. The molecule has 1 atom stereocenters. The summed E-state index contributed by atoms with van der Waals surface area (Å²) < 4.78 is 24.1. The number of sulfone groups is 1. The molecule has 3 rings (SSSR count). The molecule has 36 heavy (non-hydrogen) atoms. The number of aryl methyl sites for hydroxylation is 1. The zero-order chi connectivity index (χ0) is 26.3. The van der Waals surface area contributed by atoms with E-state index in [1.807, 2.05) is 56.3 Å². The van der Waals surface area contributed by atoms with E-state index in [2.05, 4.69) is 22.5 Å². The first-order valence-electron chi connectivity index (χ1n) is 12.6. The molecule has 2 aromatic carbocycles. The number of amides is 2. The molecule has 0 aromatic heterocycles. The first kappa shape index (κ1) is 27.5. The molecule has 0 bridgehead atoms. The van der Waals surface area contributed by atoms with E-state index in [0.29, 0.717) is 37.2 Å². The van der Waals surface area contributed by atoms with Crippen molar-refractivity contribution in [3.63, 3.8) is 0 Å². The van der Waals surface area contributed by atoms with E-state index in [9.17, 15) is 23.1 Å². The summed E-state index contributed by atoms with van der Waals surface area (Å²) in [4.78, 5) is 26.6. The van der Waals surface area contributed by atoms with Crippen molar-refractivity contribution in [2.45, 2.75) is 64.8 Å². The molecule has 1 aliphatic rings. The maximum atomic E-state index is 13.0. The van der Waals surface area contributed by atoms with Gasteiger partial charge in [-0.2, -0.15) is 0 Å². The molecule has 0 saturated carbocycles. The van der Waals surface area contributed by atoms with Crippen molar-refractivity contribution in [3.05, 3.63) is 53.6 Å². The van der Waals surface area contributed by atoms with Crippen molar-refractivity contribution in [2.75, 3.05) is 33.6 Å². The number of carbonyl (C=O) groups excluding carboxylic acids is 1. The number of nitrogens with zero attached hydrogens (tertiary/aromatic N) is 1. The maximum Gasteiger partial charge on any atom is 0.323 e. The number of carboxylic acid groups (broad SMARTS) is 1. The fraction of sp³-hybridized carbons (Fsp3) is 0.481. The molecule has 3 N–H and O–H groups in total. The summed E-state index contributed by atoms with van der Waals surface area (Å²) >= 11 is 0. The highest BCUT2D eigenvalue weighted by Gasteiger charge is 2.29. The molecule has 1 unspecified atom stereocenters. The van der Waals surface area contributed by atoms with Crippen LogP contribution in [0.4, 0.5) is 21.9 Å². The predicted octanol–water partition coefficient (Wildman–Crippen LogP) is 5.40. The molecule has 8 nitrogen and oxygen atoms in total. The fourth-order valence-electron chi connectivity index (χ4n) is 4.72. The van der Waals surface area contributed by atoms with E-state index in [-0.39, 0.29) is 29.9 Å². The molecule has 2 aromatic rings. The number of nitrogens with one attached hydrogen (secondary N) is 2. The predicted molar refractivity (Wildman–Crippen MR) is 145 cm³/mol. The van der Waals surface area contributed by atoms with Crippen molar-refractivity contribution >= 4 is 38.9 Å². The average Bonchev–Trinajstić information content (AvgIpc) is 2.83. The van der Waals surface area contributed by atoms with Crippen molar-refractivity contribution in [1.29, 1.82) is 0 Å². The summed E-state index contributed by atoms with van der Waals surface area (Å²) in [7, 11) is -3.01. The van der Waals surface area contributed by atoms with Gasteiger partial charge < -0.3 is 20.6 Å². The average molecular weight is 516 g/mol. The Labute approximate surface area is 214 Å². The third kappa shape index (κ3) is 7.46. The van der Waals surface area contributed by atoms with Crippen LogP contribution in [0.5, 0.6) is 0 Å². The summed E-state index contributed by atoms with van der Waals surface area (Å²) in [5.41, 5.74) is 4.00. The van der Waals surface area contributed by atoms with Crippen molar-refractivity contribution in [2.24, 2.45) is 0 Å². The second-order valence-corrected chi connectivity index (χ2v) is 11.8. The summed E-state index contributed by atoms with van der Waals surface area (Å²) in [6, 6.07) is 12.9. The molecule has 196 valence electrons. The second-order valence-electron chi connectivity index (χ2n) is 9.50. The van der Waals surface area contributed by atoms with Gasteiger partial charge in [-0.3, -0.25) is 4.79 Å². The molecule has 0 radical (unpaired) electrons. The minimum Gasteiger partial charge on any atom is -0.481 e. The Morgan fingerprint density at radius 3 is 2.31 bits per heavy atom. The van der Waals surface area contributed by atoms with Gasteiger partial charge in [-0.15, -0.1) is 0 Å². The smallest absolute Gasteiger partial charge is 0.323 e. The van der Waals surface area contributed by atoms with Crippen LogP contribution in [0.2, 0.25) is 0 Å². The molecule has 9 heteroatoms. The van der Waals surface area contributed by atoms with Gasteiger partial charge in [0.05, 0.1) is 29.3 Å². The van der Waals surface area contributed by atoms with Crippen molar-refractivity contribution < 1.29 is 23.1 Å². The van der Waals surface area contributed by atoms with Gasteiger partial charge >= 0.3 is 12.0 Å². The third-order valence-electron chi connectivity index (χ3n) is 6.70. The number of hydrogen-bond donors (Lipinski definition) is 3. The molecule has 1 heterocycles. The molecule has 2 amide bonds. The second kappa shape index (κ2) is 12.3. The Balaban J connectivity index is 1.95. The van der Waals surface area contributed by atoms with Crippen LogP contribution in [-0.2, 0) is 14.6 Å². The summed E-state index contributed by atoms with van der Waals surface area (Å²) in [5, 5.41) is 15.2. The highest BCUT2D eigenvalue weighted by molar-refractivity contribution is 7.91. The number of hydrogen-bond acceptors (Lipinski definition) is 5. The number of anilines is 3. The van der Waals surface area contributed by atoms with Crippen LogP contribution in [0.25, 0.3) is 0 Å². The summed E-state index contributed by atoms with van der Waals surface area (Å²) in [5.74, 6) is -0.739. The van der Waals surface area contributed by atoms with E-state index in [0.717, 1.165) is 23.2 Å². The summed E-state index contributed by atoms with van der Waals surface area (Å²) in [6.07, 6.45) is 2.59. The Hall–Kier alpha value is -3.07. The monoisotopic (exact) mass is 515 g/mol. The molecule has 1 aliphatic heterocycles. The molecular weight excluding hydrogens is 478 g/mol. The standard InChI is InChI=1S/C27H37N3O5S/c1-4-14-30(23-12-15-36(34,35)16-13-23)25-11-8-21(20(5-2)18-26(31)32)17-24(25)29-27(33)28-22-9-6-19(3)7-10-22/h6-11,17,20,23H,4-5,12-16,18H2,1-3H3,(H,31,32)(H2,28,29,33). The minimum absolute atomic E-state index is 0.00398. The number of carboxylic acids is 1. The van der Waals surface area contributed by atoms with E-state index in [4.69, 9.17) is 0 Å². The van der Waals surface area contributed by atoms with Crippen LogP contribution >= 0.6 is 0 Å². The molecule has 0 spiro atoms. The molecule has 0 aliphatic carbocycles. The lowest BCUT2D eigenvalue weighted by molar-refractivity contribution is -0.137. The highest BCUT2D eigenvalue weighted by Crippen LogP contribution is 2.35. The topological polar surface area (TPSA) is 116 Å².